The number of likely N-dealkylation sites (tertiary alicyclic amines) is 1. The molecular formula is C15H23F2N3O2. The van der Waals surface area contributed by atoms with Crippen molar-refractivity contribution in [1.29, 1.82) is 0 Å². The predicted octanol–water partition coefficient (Wildman–Crippen LogP) is 1.77. The van der Waals surface area contributed by atoms with Gasteiger partial charge in [0.1, 0.15) is 5.69 Å². The lowest BCUT2D eigenvalue weighted by molar-refractivity contribution is 0.0616. The summed E-state index contributed by atoms with van der Waals surface area (Å²) < 4.78 is 26.5. The third-order valence-electron chi connectivity index (χ3n) is 4.04. The summed E-state index contributed by atoms with van der Waals surface area (Å²) in [4.78, 5) is 14.2. The highest BCUT2D eigenvalue weighted by Crippen LogP contribution is 2.18. The summed E-state index contributed by atoms with van der Waals surface area (Å²) in [5, 5.41) is 12.1. The molecule has 5 nitrogen and oxygen atoms in total. The first-order valence-electron chi connectivity index (χ1n) is 7.63. The van der Waals surface area contributed by atoms with Crippen LogP contribution in [0.5, 0.6) is 0 Å². The number of aliphatic hydroxyl groups excluding tert-OH is 1. The Labute approximate surface area is 128 Å². The van der Waals surface area contributed by atoms with E-state index in [4.69, 9.17) is 0 Å². The maximum absolute atomic E-state index is 12.9. The lowest BCUT2D eigenvalue weighted by Gasteiger charge is -2.29. The molecule has 2 N–H and O–H groups in total. The van der Waals surface area contributed by atoms with Crippen molar-refractivity contribution in [2.24, 2.45) is 0 Å². The first-order chi connectivity index (χ1) is 10.5. The van der Waals surface area contributed by atoms with E-state index < -0.39 is 12.5 Å². The number of piperidine rings is 1. The average molecular weight is 315 g/mol. The van der Waals surface area contributed by atoms with Crippen LogP contribution in [0.4, 0.5) is 8.78 Å². The van der Waals surface area contributed by atoms with Gasteiger partial charge in [-0.05, 0) is 44.9 Å². The fourth-order valence-corrected chi connectivity index (χ4v) is 2.73. The van der Waals surface area contributed by atoms with Crippen LogP contribution in [0.1, 0.15) is 42.0 Å². The van der Waals surface area contributed by atoms with E-state index in [-0.39, 0.29) is 11.8 Å². The fraction of sp³-hybridized carbons (Fsp3) is 0.667. The second-order valence-corrected chi connectivity index (χ2v) is 5.69. The van der Waals surface area contributed by atoms with Gasteiger partial charge in [-0.25, -0.2) is 0 Å². The largest absolute Gasteiger partial charge is 0.393 e. The summed E-state index contributed by atoms with van der Waals surface area (Å²) >= 11 is 0. The summed E-state index contributed by atoms with van der Waals surface area (Å²) in [6, 6.07) is 2.93. The highest BCUT2D eigenvalue weighted by atomic mass is 19.3. The molecule has 0 bridgehead atoms. The van der Waals surface area contributed by atoms with Crippen molar-refractivity contribution in [3.05, 3.63) is 23.5 Å². The summed E-state index contributed by atoms with van der Waals surface area (Å²) in [6.07, 6.45) is 2.14. The molecule has 1 aromatic rings. The molecule has 0 spiro atoms. The van der Waals surface area contributed by atoms with Crippen molar-refractivity contribution in [3.8, 4) is 0 Å². The first kappa shape index (κ1) is 16.9. The van der Waals surface area contributed by atoms with Crippen LogP contribution in [0.15, 0.2) is 12.1 Å². The van der Waals surface area contributed by atoms with Gasteiger partial charge in [0.25, 0.3) is 5.91 Å². The smallest absolute Gasteiger partial charge is 0.319 e. The lowest BCUT2D eigenvalue weighted by Crippen LogP contribution is -2.37. The van der Waals surface area contributed by atoms with Crippen LogP contribution >= 0.6 is 0 Å². The van der Waals surface area contributed by atoms with Crippen molar-refractivity contribution in [3.63, 3.8) is 0 Å². The fourth-order valence-electron chi connectivity index (χ4n) is 2.73. The average Bonchev–Trinajstić information content (AvgIpc) is 2.87. The molecule has 0 radical (unpaired) electrons. The monoisotopic (exact) mass is 315 g/mol. The van der Waals surface area contributed by atoms with Gasteiger partial charge in [-0.1, -0.05) is 0 Å². The normalized spacial score (nSPS) is 17.1. The van der Waals surface area contributed by atoms with Crippen LogP contribution < -0.4 is 5.32 Å². The van der Waals surface area contributed by atoms with Gasteiger partial charge < -0.3 is 15.3 Å². The number of alkyl halides is 2. The third-order valence-corrected chi connectivity index (χ3v) is 4.04. The van der Waals surface area contributed by atoms with Crippen molar-refractivity contribution < 1.29 is 18.7 Å². The molecule has 0 saturated carbocycles. The zero-order valence-electron chi connectivity index (χ0n) is 12.8. The molecule has 7 heteroatoms. The minimum atomic E-state index is -2.71. The molecule has 1 aliphatic rings. The minimum absolute atomic E-state index is 0.00593. The highest BCUT2D eigenvalue weighted by molar-refractivity contribution is 5.92. The highest BCUT2D eigenvalue weighted by Gasteiger charge is 2.19. The third kappa shape index (κ3) is 4.27. The maximum atomic E-state index is 12.9. The number of rotatable bonds is 6. The van der Waals surface area contributed by atoms with Crippen molar-refractivity contribution >= 4 is 5.91 Å². The Morgan fingerprint density at radius 1 is 1.41 bits per heavy atom. The molecular weight excluding hydrogens is 292 g/mol. The van der Waals surface area contributed by atoms with Gasteiger partial charge in [-0.15, -0.1) is 0 Å². The van der Waals surface area contributed by atoms with Crippen LogP contribution in [0.3, 0.4) is 0 Å². The number of carbonyl (C=O) groups excluding carboxylic acids is 1. The van der Waals surface area contributed by atoms with E-state index in [1.165, 1.54) is 12.1 Å². The molecule has 1 aliphatic heterocycles. The predicted molar refractivity (Wildman–Crippen MR) is 79.1 cm³/mol. The number of nitrogens with zero attached hydrogens (tertiary/aromatic N) is 2. The molecule has 22 heavy (non-hydrogen) atoms. The number of aryl methyl sites for hydroxylation is 1. The standard InChI is InChI=1S/C15H23F2N3O2/c1-11-3-4-13(20(11)15(16)17)14(22)18-7-2-8-19-9-5-12(21)6-10-19/h3-4,12,15,21H,2,5-10H2,1H3,(H,18,22). The van der Waals surface area contributed by atoms with Crippen LogP contribution in [-0.4, -0.2) is 52.8 Å². The van der Waals surface area contributed by atoms with E-state index in [9.17, 15) is 18.7 Å². The van der Waals surface area contributed by atoms with Gasteiger partial charge >= 0.3 is 6.55 Å². The number of nitrogens with one attached hydrogen (secondary N) is 1. The van der Waals surface area contributed by atoms with Gasteiger partial charge in [0, 0.05) is 25.3 Å². The zero-order chi connectivity index (χ0) is 16.1. The SMILES string of the molecule is Cc1ccc(C(=O)NCCCN2CCC(O)CC2)n1C(F)F. The quantitative estimate of drug-likeness (QED) is 0.787. The van der Waals surface area contributed by atoms with E-state index >= 15 is 0 Å². The van der Waals surface area contributed by atoms with Gasteiger partial charge in [0.15, 0.2) is 0 Å². The summed E-state index contributed by atoms with van der Waals surface area (Å²) in [5.74, 6) is -0.470. The number of halogens is 2. The van der Waals surface area contributed by atoms with Gasteiger partial charge in [-0.3, -0.25) is 9.36 Å². The maximum Gasteiger partial charge on any atom is 0.319 e. The number of aromatic nitrogens is 1. The van der Waals surface area contributed by atoms with Crippen LogP contribution in [0, 0.1) is 6.92 Å². The summed E-state index contributed by atoms with van der Waals surface area (Å²) in [5.41, 5.74) is 0.362. The number of hydrogen-bond donors (Lipinski definition) is 2. The Hall–Kier alpha value is -1.47. The number of carbonyl (C=O) groups is 1. The molecule has 0 unspecified atom stereocenters. The van der Waals surface area contributed by atoms with Gasteiger partial charge in [0.2, 0.25) is 0 Å². The van der Waals surface area contributed by atoms with E-state index in [1.807, 2.05) is 0 Å². The second kappa shape index (κ2) is 7.69. The van der Waals surface area contributed by atoms with Crippen molar-refractivity contribution in [2.45, 2.75) is 38.8 Å². The molecule has 1 saturated heterocycles. The zero-order valence-corrected chi connectivity index (χ0v) is 12.8. The van der Waals surface area contributed by atoms with Crippen LogP contribution in [0.25, 0.3) is 0 Å². The van der Waals surface area contributed by atoms with Gasteiger partial charge in [-0.2, -0.15) is 8.78 Å². The van der Waals surface area contributed by atoms with E-state index in [0.717, 1.165) is 43.5 Å². The van der Waals surface area contributed by atoms with Gasteiger partial charge in [0.05, 0.1) is 6.10 Å². The van der Waals surface area contributed by atoms with Crippen molar-refractivity contribution in [2.75, 3.05) is 26.2 Å². The molecule has 0 aromatic carbocycles. The number of amides is 1. The molecule has 1 amide bonds. The molecule has 2 rings (SSSR count). The topological polar surface area (TPSA) is 57.5 Å². The first-order valence-corrected chi connectivity index (χ1v) is 7.63. The Morgan fingerprint density at radius 3 is 2.73 bits per heavy atom. The molecule has 0 atom stereocenters. The number of aliphatic hydroxyl groups is 1. The van der Waals surface area contributed by atoms with Crippen LogP contribution in [-0.2, 0) is 0 Å². The molecule has 1 aromatic heterocycles. The second-order valence-electron chi connectivity index (χ2n) is 5.69. The molecule has 124 valence electrons. The molecule has 1 fully saturated rings. The Kier molecular flexibility index (Phi) is 5.90. The molecule has 2 heterocycles. The summed E-state index contributed by atoms with van der Waals surface area (Å²) in [6.45, 7) is 1.85. The van der Waals surface area contributed by atoms with Crippen molar-refractivity contribution in [1.82, 2.24) is 14.8 Å². The Balaban J connectivity index is 1.74. The number of hydrogen-bond acceptors (Lipinski definition) is 3. The van der Waals surface area contributed by atoms with E-state index in [0.29, 0.717) is 12.2 Å². The van der Waals surface area contributed by atoms with E-state index in [2.05, 4.69) is 10.2 Å². The Bertz CT molecular complexity index is 497. The van der Waals surface area contributed by atoms with E-state index in [1.54, 1.807) is 6.92 Å². The lowest BCUT2D eigenvalue weighted by atomic mass is 10.1. The Morgan fingerprint density at radius 2 is 2.09 bits per heavy atom. The molecule has 0 aliphatic carbocycles. The summed E-state index contributed by atoms with van der Waals surface area (Å²) in [7, 11) is 0. The minimum Gasteiger partial charge on any atom is -0.393 e. The van der Waals surface area contributed by atoms with Crippen LogP contribution in [0.2, 0.25) is 0 Å².